The van der Waals surface area contributed by atoms with Crippen molar-refractivity contribution >= 4 is 29.0 Å². The van der Waals surface area contributed by atoms with Crippen molar-refractivity contribution in [2.75, 3.05) is 7.05 Å². The molecule has 27 heavy (non-hydrogen) atoms. The monoisotopic (exact) mass is 384 g/mol. The number of aromatic nitrogens is 3. The van der Waals surface area contributed by atoms with Gasteiger partial charge in [0, 0.05) is 24.7 Å². The molecule has 7 nitrogen and oxygen atoms in total. The average Bonchev–Trinajstić information content (AvgIpc) is 2.96. The molecular formula is C19H20N4O3S. The van der Waals surface area contributed by atoms with E-state index < -0.39 is 0 Å². The SMILES string of the molecule is C=CCn1c(=S)[nH]c2cc(C(=O)N(C)Cc3c(C)noc3C)ccc2c1=O. The molecule has 0 fully saturated rings. The normalized spacial score (nSPS) is 10.9. The molecular weight excluding hydrogens is 364 g/mol. The zero-order valence-corrected chi connectivity index (χ0v) is 16.2. The van der Waals surface area contributed by atoms with Gasteiger partial charge < -0.3 is 14.4 Å². The van der Waals surface area contributed by atoms with Crippen molar-refractivity contribution in [1.82, 2.24) is 19.6 Å². The number of fused-ring (bicyclic) bond motifs is 1. The van der Waals surface area contributed by atoms with Gasteiger partial charge in [-0.3, -0.25) is 14.2 Å². The third-order valence-corrected chi connectivity index (χ3v) is 4.79. The quantitative estimate of drug-likeness (QED) is 0.540. The van der Waals surface area contributed by atoms with E-state index in [2.05, 4.69) is 16.7 Å². The predicted molar refractivity (Wildman–Crippen MR) is 105 cm³/mol. The molecule has 2 aromatic heterocycles. The number of amides is 1. The second-order valence-electron chi connectivity index (χ2n) is 6.36. The van der Waals surface area contributed by atoms with Crippen molar-refractivity contribution in [1.29, 1.82) is 0 Å². The summed E-state index contributed by atoms with van der Waals surface area (Å²) in [6.45, 7) is 8.00. The lowest BCUT2D eigenvalue weighted by Crippen LogP contribution is -2.27. The number of H-pyrrole nitrogens is 1. The Bertz CT molecular complexity index is 1140. The fraction of sp³-hybridized carbons (Fsp3) is 0.263. The van der Waals surface area contributed by atoms with Crippen LogP contribution in [0.2, 0.25) is 0 Å². The minimum Gasteiger partial charge on any atom is -0.361 e. The zero-order chi connectivity index (χ0) is 19.7. The van der Waals surface area contributed by atoms with Gasteiger partial charge in [-0.2, -0.15) is 0 Å². The Balaban J connectivity index is 1.96. The molecule has 140 valence electrons. The minimum atomic E-state index is -0.211. The summed E-state index contributed by atoms with van der Waals surface area (Å²) in [5, 5.41) is 4.38. The van der Waals surface area contributed by atoms with E-state index in [1.807, 2.05) is 13.8 Å². The first kappa shape index (κ1) is 18.8. The topological polar surface area (TPSA) is 84.1 Å². The summed E-state index contributed by atoms with van der Waals surface area (Å²) >= 11 is 5.25. The molecule has 8 heteroatoms. The van der Waals surface area contributed by atoms with Crippen molar-refractivity contribution in [2.45, 2.75) is 26.9 Å². The summed E-state index contributed by atoms with van der Waals surface area (Å²) in [6, 6.07) is 4.93. The molecule has 0 spiro atoms. The summed E-state index contributed by atoms with van der Waals surface area (Å²) < 4.78 is 6.87. The van der Waals surface area contributed by atoms with Gasteiger partial charge in [0.05, 0.1) is 23.1 Å². The zero-order valence-electron chi connectivity index (χ0n) is 15.4. The van der Waals surface area contributed by atoms with Gasteiger partial charge in [0.2, 0.25) is 0 Å². The smallest absolute Gasteiger partial charge is 0.262 e. The summed E-state index contributed by atoms with van der Waals surface area (Å²) in [7, 11) is 1.71. The number of nitrogens with one attached hydrogen (secondary N) is 1. The largest absolute Gasteiger partial charge is 0.361 e. The first-order chi connectivity index (χ1) is 12.8. The van der Waals surface area contributed by atoms with Crippen LogP contribution in [0.15, 0.2) is 40.2 Å². The molecule has 0 aliphatic rings. The highest BCUT2D eigenvalue weighted by Gasteiger charge is 2.18. The molecule has 0 saturated heterocycles. The van der Waals surface area contributed by atoms with E-state index in [1.165, 1.54) is 4.57 Å². The molecule has 0 aliphatic carbocycles. The van der Waals surface area contributed by atoms with E-state index in [1.54, 1.807) is 36.2 Å². The van der Waals surface area contributed by atoms with Crippen LogP contribution in [0, 0.1) is 18.6 Å². The third kappa shape index (κ3) is 3.48. The standard InChI is InChI=1S/C19H20N4O3S/c1-5-8-23-18(25)14-7-6-13(9-16(14)20-19(23)27)17(24)22(4)10-15-11(2)21-26-12(15)3/h5-7,9H,1,8,10H2,2-4H3,(H,20,27). The number of nitrogens with zero attached hydrogens (tertiary/aromatic N) is 3. The number of hydrogen-bond donors (Lipinski definition) is 1. The second kappa shape index (κ2) is 7.32. The van der Waals surface area contributed by atoms with Gasteiger partial charge in [-0.25, -0.2) is 0 Å². The molecule has 1 aromatic carbocycles. The Morgan fingerprint density at radius 2 is 2.19 bits per heavy atom. The summed E-state index contributed by atoms with van der Waals surface area (Å²) in [4.78, 5) is 30.0. The number of hydrogen-bond acceptors (Lipinski definition) is 5. The predicted octanol–water partition coefficient (Wildman–Crippen LogP) is 3.12. The van der Waals surface area contributed by atoms with Crippen LogP contribution in [0.25, 0.3) is 10.9 Å². The first-order valence-electron chi connectivity index (χ1n) is 8.38. The molecule has 1 N–H and O–H groups in total. The van der Waals surface area contributed by atoms with Gasteiger partial charge in [0.15, 0.2) is 4.77 Å². The van der Waals surface area contributed by atoms with Crippen LogP contribution in [0.5, 0.6) is 0 Å². The molecule has 1 amide bonds. The van der Waals surface area contributed by atoms with Crippen LogP contribution in [0.1, 0.15) is 27.4 Å². The Hall–Kier alpha value is -3.00. The highest BCUT2D eigenvalue weighted by Crippen LogP contribution is 2.17. The molecule has 0 saturated carbocycles. The summed E-state index contributed by atoms with van der Waals surface area (Å²) in [5.74, 6) is 0.518. The van der Waals surface area contributed by atoms with Crippen LogP contribution >= 0.6 is 12.2 Å². The molecule has 0 bridgehead atoms. The lowest BCUT2D eigenvalue weighted by Gasteiger charge is -2.17. The summed E-state index contributed by atoms with van der Waals surface area (Å²) in [6.07, 6.45) is 1.61. The number of aromatic amines is 1. The maximum absolute atomic E-state index is 12.8. The van der Waals surface area contributed by atoms with Crippen LogP contribution in [0.4, 0.5) is 0 Å². The third-order valence-electron chi connectivity index (χ3n) is 4.46. The first-order valence-corrected chi connectivity index (χ1v) is 8.79. The van der Waals surface area contributed by atoms with Crippen LogP contribution in [-0.4, -0.2) is 32.6 Å². The molecule has 0 unspecified atom stereocenters. The molecule has 0 aliphatic heterocycles. The molecule has 3 aromatic rings. The fourth-order valence-corrected chi connectivity index (χ4v) is 3.21. The molecule has 2 heterocycles. The minimum absolute atomic E-state index is 0.175. The Labute approximate surface area is 160 Å². The van der Waals surface area contributed by atoms with E-state index in [4.69, 9.17) is 16.7 Å². The Kier molecular flexibility index (Phi) is 5.09. The van der Waals surface area contributed by atoms with Gasteiger partial charge in [0.25, 0.3) is 11.5 Å². The van der Waals surface area contributed by atoms with Crippen molar-refractivity contribution < 1.29 is 9.32 Å². The van der Waals surface area contributed by atoms with Crippen molar-refractivity contribution in [3.63, 3.8) is 0 Å². The van der Waals surface area contributed by atoms with E-state index >= 15 is 0 Å². The van der Waals surface area contributed by atoms with Crippen LogP contribution in [0.3, 0.4) is 0 Å². The Morgan fingerprint density at radius 3 is 2.81 bits per heavy atom. The number of aryl methyl sites for hydroxylation is 2. The van der Waals surface area contributed by atoms with Crippen LogP contribution < -0.4 is 5.56 Å². The van der Waals surface area contributed by atoms with Crippen molar-refractivity contribution in [3.8, 4) is 0 Å². The number of allylic oxidation sites excluding steroid dienone is 1. The molecule has 0 atom stereocenters. The fourth-order valence-electron chi connectivity index (χ4n) is 2.94. The second-order valence-corrected chi connectivity index (χ2v) is 6.75. The van der Waals surface area contributed by atoms with Crippen molar-refractivity contribution in [3.05, 3.63) is 68.6 Å². The van der Waals surface area contributed by atoms with E-state index in [0.29, 0.717) is 40.1 Å². The number of benzene rings is 1. The van der Waals surface area contributed by atoms with Gasteiger partial charge in [-0.15, -0.1) is 6.58 Å². The highest BCUT2D eigenvalue weighted by molar-refractivity contribution is 7.71. The van der Waals surface area contributed by atoms with E-state index in [-0.39, 0.29) is 11.5 Å². The number of carbonyl (C=O) groups is 1. The lowest BCUT2D eigenvalue weighted by molar-refractivity contribution is 0.0784. The maximum atomic E-state index is 12.8. The number of carbonyl (C=O) groups excluding carboxylic acids is 1. The van der Waals surface area contributed by atoms with Gasteiger partial charge in [0.1, 0.15) is 5.76 Å². The molecule has 3 rings (SSSR count). The van der Waals surface area contributed by atoms with Crippen LogP contribution in [-0.2, 0) is 13.1 Å². The highest BCUT2D eigenvalue weighted by atomic mass is 32.1. The maximum Gasteiger partial charge on any atom is 0.262 e. The Morgan fingerprint density at radius 1 is 1.44 bits per heavy atom. The van der Waals surface area contributed by atoms with Gasteiger partial charge >= 0.3 is 0 Å². The van der Waals surface area contributed by atoms with Crippen molar-refractivity contribution in [2.24, 2.45) is 0 Å². The average molecular weight is 384 g/mol. The van der Waals surface area contributed by atoms with Gasteiger partial charge in [-0.05, 0) is 44.3 Å². The lowest BCUT2D eigenvalue weighted by atomic mass is 10.1. The molecule has 0 radical (unpaired) electrons. The summed E-state index contributed by atoms with van der Waals surface area (Å²) in [5.41, 5.74) is 2.43. The van der Waals surface area contributed by atoms with Gasteiger partial charge in [-0.1, -0.05) is 11.2 Å². The van der Waals surface area contributed by atoms with E-state index in [0.717, 1.165) is 11.3 Å². The van der Waals surface area contributed by atoms with E-state index in [9.17, 15) is 9.59 Å². The number of rotatable bonds is 5.